The third-order valence-corrected chi connectivity index (χ3v) is 5.87. The topological polar surface area (TPSA) is 56.8 Å². The number of hydrogen-bond donors (Lipinski definition) is 0. The van der Waals surface area contributed by atoms with Crippen molar-refractivity contribution in [2.75, 3.05) is 39.3 Å². The molecule has 6 nitrogen and oxygen atoms in total. The number of aromatic nitrogens is 1. The van der Waals surface area contributed by atoms with Crippen molar-refractivity contribution in [3.05, 3.63) is 16.1 Å². The first-order valence-electron chi connectivity index (χ1n) is 8.78. The molecule has 2 fully saturated rings. The number of thiazole rings is 1. The molecule has 2 amide bonds. The molecule has 24 heavy (non-hydrogen) atoms. The molecule has 1 atom stereocenters. The molecule has 0 bridgehead atoms. The number of carbonyl (C=O) groups excluding carboxylic acids is 2. The Labute approximate surface area is 147 Å². The van der Waals surface area contributed by atoms with Crippen LogP contribution in [0.4, 0.5) is 0 Å². The Bertz CT molecular complexity index is 595. The number of nitrogens with zero attached hydrogens (tertiary/aromatic N) is 4. The molecule has 0 N–H and O–H groups in total. The van der Waals surface area contributed by atoms with Gasteiger partial charge in [0.25, 0.3) is 5.91 Å². The maximum atomic E-state index is 12.5. The summed E-state index contributed by atoms with van der Waals surface area (Å²) in [5, 5.41) is 0.915. The third kappa shape index (κ3) is 3.95. The maximum absolute atomic E-state index is 12.5. The Morgan fingerprint density at radius 1 is 1.21 bits per heavy atom. The average Bonchev–Trinajstić information content (AvgIpc) is 3.02. The highest BCUT2D eigenvalue weighted by molar-refractivity contribution is 7.13. The summed E-state index contributed by atoms with van der Waals surface area (Å²) >= 11 is 1.44. The van der Waals surface area contributed by atoms with E-state index in [1.165, 1.54) is 17.8 Å². The van der Waals surface area contributed by atoms with E-state index in [0.29, 0.717) is 30.6 Å². The fourth-order valence-electron chi connectivity index (χ4n) is 3.48. The number of amides is 2. The lowest BCUT2D eigenvalue weighted by Crippen LogP contribution is -2.53. The lowest BCUT2D eigenvalue weighted by Gasteiger charge is -2.38. The maximum Gasteiger partial charge on any atom is 0.265 e. The van der Waals surface area contributed by atoms with Crippen molar-refractivity contribution in [1.82, 2.24) is 19.7 Å². The number of carbonyl (C=O) groups is 2. The van der Waals surface area contributed by atoms with Crippen LogP contribution in [0.2, 0.25) is 0 Å². The molecule has 0 saturated carbocycles. The van der Waals surface area contributed by atoms with Gasteiger partial charge in [-0.05, 0) is 33.1 Å². The van der Waals surface area contributed by atoms with Gasteiger partial charge in [-0.3, -0.25) is 14.5 Å². The number of aryl methyl sites for hydroxylation is 1. The highest BCUT2D eigenvalue weighted by atomic mass is 32.1. The summed E-state index contributed by atoms with van der Waals surface area (Å²) in [4.78, 5) is 35.9. The molecule has 1 unspecified atom stereocenters. The van der Waals surface area contributed by atoms with E-state index in [1.807, 2.05) is 16.7 Å². The number of hydrogen-bond acceptors (Lipinski definition) is 5. The van der Waals surface area contributed by atoms with Crippen LogP contribution in [0.3, 0.4) is 0 Å². The van der Waals surface area contributed by atoms with Crippen molar-refractivity contribution in [3.8, 4) is 0 Å². The minimum absolute atomic E-state index is 0.0660. The summed E-state index contributed by atoms with van der Waals surface area (Å²) in [6.45, 7) is 8.30. The quantitative estimate of drug-likeness (QED) is 0.831. The van der Waals surface area contributed by atoms with Gasteiger partial charge < -0.3 is 9.80 Å². The Kier molecular flexibility index (Phi) is 5.50. The van der Waals surface area contributed by atoms with Crippen LogP contribution in [0.25, 0.3) is 0 Å². The zero-order valence-corrected chi connectivity index (χ0v) is 15.3. The fourth-order valence-corrected chi connectivity index (χ4v) is 4.22. The lowest BCUT2D eigenvalue weighted by molar-refractivity contribution is -0.136. The van der Waals surface area contributed by atoms with E-state index >= 15 is 0 Å². The van der Waals surface area contributed by atoms with Crippen LogP contribution < -0.4 is 0 Å². The Balaban J connectivity index is 1.48. The molecule has 2 aliphatic heterocycles. The van der Waals surface area contributed by atoms with E-state index in [2.05, 4.69) is 16.8 Å². The predicted molar refractivity (Wildman–Crippen MR) is 94.2 cm³/mol. The second kappa shape index (κ2) is 7.61. The molecule has 1 aromatic heterocycles. The fraction of sp³-hybridized carbons (Fsp3) is 0.706. The largest absolute Gasteiger partial charge is 0.339 e. The van der Waals surface area contributed by atoms with Crippen LogP contribution in [0.1, 0.15) is 40.9 Å². The second-order valence-electron chi connectivity index (χ2n) is 6.74. The van der Waals surface area contributed by atoms with Crippen LogP contribution in [0.5, 0.6) is 0 Å². The van der Waals surface area contributed by atoms with E-state index in [0.717, 1.165) is 37.5 Å². The van der Waals surface area contributed by atoms with Crippen molar-refractivity contribution in [2.45, 2.75) is 39.2 Å². The van der Waals surface area contributed by atoms with E-state index in [1.54, 1.807) is 6.20 Å². The molecule has 1 aromatic rings. The number of piperidine rings is 1. The lowest BCUT2D eigenvalue weighted by atomic mass is 10.0. The third-order valence-electron chi connectivity index (χ3n) is 4.97. The van der Waals surface area contributed by atoms with Gasteiger partial charge in [-0.15, -0.1) is 11.3 Å². The van der Waals surface area contributed by atoms with Gasteiger partial charge in [0.1, 0.15) is 4.88 Å². The van der Waals surface area contributed by atoms with Crippen LogP contribution in [0, 0.1) is 6.92 Å². The van der Waals surface area contributed by atoms with Gasteiger partial charge in [-0.1, -0.05) is 0 Å². The van der Waals surface area contributed by atoms with Crippen molar-refractivity contribution in [3.63, 3.8) is 0 Å². The molecule has 3 heterocycles. The van der Waals surface area contributed by atoms with Gasteiger partial charge >= 0.3 is 0 Å². The molecule has 0 aromatic carbocycles. The van der Waals surface area contributed by atoms with Crippen LogP contribution in [-0.2, 0) is 4.79 Å². The van der Waals surface area contributed by atoms with Crippen LogP contribution in [-0.4, -0.2) is 76.8 Å². The van der Waals surface area contributed by atoms with E-state index in [-0.39, 0.29) is 11.8 Å². The minimum atomic E-state index is 0.0660. The molecule has 0 radical (unpaired) electrons. The van der Waals surface area contributed by atoms with Gasteiger partial charge in [0.05, 0.1) is 17.7 Å². The minimum Gasteiger partial charge on any atom is -0.339 e. The summed E-state index contributed by atoms with van der Waals surface area (Å²) in [6.07, 6.45) is 5.12. The Morgan fingerprint density at radius 2 is 1.96 bits per heavy atom. The standard InChI is InChI=1S/C17H26N4O2S/c1-13-5-3-4-6-21(13)16(22)12-19-7-9-20(10-8-19)17(23)15-11-18-14(2)24-15/h11,13H,3-10,12H2,1-2H3. The van der Waals surface area contributed by atoms with E-state index in [4.69, 9.17) is 0 Å². The van der Waals surface area contributed by atoms with E-state index < -0.39 is 0 Å². The molecular formula is C17H26N4O2S. The number of likely N-dealkylation sites (tertiary alicyclic amines) is 1. The van der Waals surface area contributed by atoms with Crippen molar-refractivity contribution in [2.24, 2.45) is 0 Å². The summed E-state index contributed by atoms with van der Waals surface area (Å²) in [7, 11) is 0. The zero-order valence-electron chi connectivity index (χ0n) is 14.5. The number of rotatable bonds is 3. The van der Waals surface area contributed by atoms with Gasteiger partial charge in [0.2, 0.25) is 5.91 Å². The van der Waals surface area contributed by atoms with Gasteiger partial charge in [-0.2, -0.15) is 0 Å². The smallest absolute Gasteiger partial charge is 0.265 e. The first-order valence-corrected chi connectivity index (χ1v) is 9.60. The molecule has 132 valence electrons. The van der Waals surface area contributed by atoms with Crippen LogP contribution in [0.15, 0.2) is 6.20 Å². The first kappa shape index (κ1) is 17.4. The Hall–Kier alpha value is -1.47. The first-order chi connectivity index (χ1) is 11.5. The van der Waals surface area contributed by atoms with Crippen molar-refractivity contribution in [1.29, 1.82) is 0 Å². The van der Waals surface area contributed by atoms with Gasteiger partial charge in [-0.25, -0.2) is 4.98 Å². The average molecular weight is 350 g/mol. The molecule has 0 aliphatic carbocycles. The zero-order chi connectivity index (χ0) is 17.1. The summed E-state index contributed by atoms with van der Waals surface area (Å²) < 4.78 is 0. The SMILES string of the molecule is Cc1ncc(C(=O)N2CCN(CC(=O)N3CCCCC3C)CC2)s1. The highest BCUT2D eigenvalue weighted by Gasteiger charge is 2.28. The molecule has 7 heteroatoms. The summed E-state index contributed by atoms with van der Waals surface area (Å²) in [5.74, 6) is 0.302. The normalized spacial score (nSPS) is 22.7. The van der Waals surface area contributed by atoms with E-state index in [9.17, 15) is 9.59 Å². The molecule has 2 aliphatic rings. The molecule has 2 saturated heterocycles. The van der Waals surface area contributed by atoms with Crippen molar-refractivity contribution >= 4 is 23.2 Å². The number of piperazine rings is 1. The summed E-state index contributed by atoms with van der Waals surface area (Å²) in [6, 6.07) is 0.365. The molecular weight excluding hydrogens is 324 g/mol. The van der Waals surface area contributed by atoms with Crippen molar-refractivity contribution < 1.29 is 9.59 Å². The molecule has 0 spiro atoms. The highest BCUT2D eigenvalue weighted by Crippen LogP contribution is 2.18. The monoisotopic (exact) mass is 350 g/mol. The van der Waals surface area contributed by atoms with Gasteiger partial charge in [0.15, 0.2) is 0 Å². The second-order valence-corrected chi connectivity index (χ2v) is 7.98. The van der Waals surface area contributed by atoms with Crippen LogP contribution >= 0.6 is 11.3 Å². The molecule has 3 rings (SSSR count). The predicted octanol–water partition coefficient (Wildman–Crippen LogP) is 1.61. The summed E-state index contributed by atoms with van der Waals surface area (Å²) in [5.41, 5.74) is 0. The Morgan fingerprint density at radius 3 is 2.58 bits per heavy atom. The van der Waals surface area contributed by atoms with Gasteiger partial charge in [0, 0.05) is 38.8 Å².